The van der Waals surface area contributed by atoms with E-state index in [1.807, 2.05) is 35.7 Å². The Morgan fingerprint density at radius 1 is 1.18 bits per heavy atom. The fraction of sp³-hybridized carbons (Fsp3) is 0.0588. The maximum absolute atomic E-state index is 9.45. The Morgan fingerprint density at radius 2 is 2.00 bits per heavy atom. The van der Waals surface area contributed by atoms with Crippen molar-refractivity contribution in [1.29, 1.82) is 0 Å². The lowest BCUT2D eigenvalue weighted by atomic mass is 10.2. The van der Waals surface area contributed by atoms with Crippen LogP contribution in [0.2, 0.25) is 0 Å². The highest BCUT2D eigenvalue weighted by atomic mass is 32.1. The molecule has 4 nitrogen and oxygen atoms in total. The molecule has 5 heteroatoms. The Balaban J connectivity index is 1.84. The molecule has 0 atom stereocenters. The van der Waals surface area contributed by atoms with Crippen LogP contribution in [0.3, 0.4) is 0 Å². The number of aliphatic imine (C=N–C) groups is 1. The van der Waals surface area contributed by atoms with Gasteiger partial charge in [0.1, 0.15) is 11.5 Å². The standard InChI is InChI=1S/C17H14N2O2S/c1-21-16-9-14(20)8-7-13(16)10-18-17-19-15(11-22-17)12-5-3-2-4-6-12/h2-11,20H,1H3. The number of aromatic hydroxyl groups is 1. The predicted molar refractivity (Wildman–Crippen MR) is 89.5 cm³/mol. The number of aromatic nitrogens is 1. The predicted octanol–water partition coefficient (Wildman–Crippen LogP) is 4.27. The van der Waals surface area contributed by atoms with Gasteiger partial charge in [-0.2, -0.15) is 0 Å². The Labute approximate surface area is 132 Å². The van der Waals surface area contributed by atoms with Gasteiger partial charge in [-0.05, 0) is 12.1 Å². The van der Waals surface area contributed by atoms with Crippen molar-refractivity contribution >= 4 is 22.7 Å². The smallest absolute Gasteiger partial charge is 0.209 e. The Hall–Kier alpha value is -2.66. The number of hydrogen-bond acceptors (Lipinski definition) is 5. The summed E-state index contributed by atoms with van der Waals surface area (Å²) in [6.07, 6.45) is 1.69. The lowest BCUT2D eigenvalue weighted by molar-refractivity contribution is 0.407. The van der Waals surface area contributed by atoms with Crippen LogP contribution in [0.4, 0.5) is 5.13 Å². The number of hydrogen-bond donors (Lipinski definition) is 1. The highest BCUT2D eigenvalue weighted by Crippen LogP contribution is 2.27. The molecule has 0 radical (unpaired) electrons. The first-order valence-corrected chi connectivity index (χ1v) is 7.56. The summed E-state index contributed by atoms with van der Waals surface area (Å²) in [4.78, 5) is 8.88. The molecular formula is C17H14N2O2S. The number of thiazole rings is 1. The van der Waals surface area contributed by atoms with Gasteiger partial charge in [-0.1, -0.05) is 30.3 Å². The van der Waals surface area contributed by atoms with Crippen LogP contribution >= 0.6 is 11.3 Å². The van der Waals surface area contributed by atoms with Crippen LogP contribution in [0.5, 0.6) is 11.5 Å². The van der Waals surface area contributed by atoms with Crippen molar-refractivity contribution in [3.05, 3.63) is 59.5 Å². The number of rotatable bonds is 4. The number of phenols is 1. The molecule has 0 amide bonds. The van der Waals surface area contributed by atoms with Crippen molar-refractivity contribution < 1.29 is 9.84 Å². The van der Waals surface area contributed by atoms with E-state index in [2.05, 4.69) is 9.98 Å². The molecule has 110 valence electrons. The number of nitrogens with zero attached hydrogens (tertiary/aromatic N) is 2. The summed E-state index contributed by atoms with van der Waals surface area (Å²) in [5.41, 5.74) is 2.77. The average molecular weight is 310 g/mol. The van der Waals surface area contributed by atoms with Crippen molar-refractivity contribution in [3.8, 4) is 22.8 Å². The molecule has 3 rings (SSSR count). The highest BCUT2D eigenvalue weighted by Gasteiger charge is 2.04. The van der Waals surface area contributed by atoms with Crippen LogP contribution in [0.15, 0.2) is 58.9 Å². The molecule has 0 saturated heterocycles. The van der Waals surface area contributed by atoms with Gasteiger partial charge in [-0.3, -0.25) is 0 Å². The second-order valence-electron chi connectivity index (χ2n) is 4.57. The van der Waals surface area contributed by atoms with Crippen LogP contribution < -0.4 is 4.74 Å². The van der Waals surface area contributed by atoms with Gasteiger partial charge in [0.15, 0.2) is 0 Å². The lowest BCUT2D eigenvalue weighted by Gasteiger charge is -2.03. The lowest BCUT2D eigenvalue weighted by Crippen LogP contribution is -1.89. The van der Waals surface area contributed by atoms with E-state index in [9.17, 15) is 5.11 Å². The first kappa shape index (κ1) is 14.3. The fourth-order valence-corrected chi connectivity index (χ4v) is 2.67. The molecule has 3 aromatic rings. The van der Waals surface area contributed by atoms with E-state index in [0.717, 1.165) is 16.8 Å². The summed E-state index contributed by atoms with van der Waals surface area (Å²) < 4.78 is 5.22. The van der Waals surface area contributed by atoms with Crippen molar-refractivity contribution in [1.82, 2.24) is 4.98 Å². The van der Waals surface area contributed by atoms with Crippen LogP contribution in [0.1, 0.15) is 5.56 Å². The fourth-order valence-electron chi connectivity index (χ4n) is 2.00. The third-order valence-corrected chi connectivity index (χ3v) is 3.84. The van der Waals surface area contributed by atoms with Gasteiger partial charge >= 0.3 is 0 Å². The zero-order chi connectivity index (χ0) is 15.4. The monoisotopic (exact) mass is 310 g/mol. The van der Waals surface area contributed by atoms with E-state index in [-0.39, 0.29) is 5.75 Å². The molecule has 0 saturated carbocycles. The number of ether oxygens (including phenoxy) is 1. The molecule has 0 fully saturated rings. The Kier molecular flexibility index (Phi) is 4.16. The normalized spacial score (nSPS) is 11.0. The maximum Gasteiger partial charge on any atom is 0.209 e. The molecule has 1 heterocycles. The molecule has 22 heavy (non-hydrogen) atoms. The molecule has 1 N–H and O–H groups in total. The molecule has 2 aromatic carbocycles. The molecule has 0 aliphatic carbocycles. The summed E-state index contributed by atoms with van der Waals surface area (Å²) >= 11 is 1.48. The van der Waals surface area contributed by atoms with E-state index in [0.29, 0.717) is 10.9 Å². The topological polar surface area (TPSA) is 54.7 Å². The van der Waals surface area contributed by atoms with Crippen LogP contribution in [-0.2, 0) is 0 Å². The largest absolute Gasteiger partial charge is 0.508 e. The van der Waals surface area contributed by atoms with E-state index < -0.39 is 0 Å². The molecule has 1 aromatic heterocycles. The molecule has 0 unspecified atom stereocenters. The van der Waals surface area contributed by atoms with Crippen LogP contribution in [0, 0.1) is 0 Å². The first-order chi connectivity index (χ1) is 10.8. The minimum absolute atomic E-state index is 0.162. The van der Waals surface area contributed by atoms with E-state index >= 15 is 0 Å². The molecule has 0 spiro atoms. The summed E-state index contributed by atoms with van der Waals surface area (Å²) in [6, 6.07) is 14.9. The van der Waals surface area contributed by atoms with Gasteiger partial charge in [-0.25, -0.2) is 9.98 Å². The van der Waals surface area contributed by atoms with Gasteiger partial charge in [0, 0.05) is 28.8 Å². The molecule has 0 aliphatic heterocycles. The summed E-state index contributed by atoms with van der Waals surface area (Å²) in [5, 5.41) is 12.1. The van der Waals surface area contributed by atoms with Crippen LogP contribution in [-0.4, -0.2) is 23.4 Å². The molecule has 0 aliphatic rings. The number of methoxy groups -OCH3 is 1. The average Bonchev–Trinajstić information content (AvgIpc) is 3.03. The summed E-state index contributed by atoms with van der Waals surface area (Å²) in [5.74, 6) is 0.734. The van der Waals surface area contributed by atoms with E-state index in [1.165, 1.54) is 11.3 Å². The zero-order valence-electron chi connectivity index (χ0n) is 11.9. The second-order valence-corrected chi connectivity index (χ2v) is 5.40. The van der Waals surface area contributed by atoms with Gasteiger partial charge in [0.25, 0.3) is 0 Å². The molecular weight excluding hydrogens is 296 g/mol. The number of benzene rings is 2. The summed E-state index contributed by atoms with van der Waals surface area (Å²) in [7, 11) is 1.56. The zero-order valence-corrected chi connectivity index (χ0v) is 12.7. The van der Waals surface area contributed by atoms with Crippen molar-refractivity contribution in [2.24, 2.45) is 4.99 Å². The minimum Gasteiger partial charge on any atom is -0.508 e. The second kappa shape index (κ2) is 6.41. The first-order valence-electron chi connectivity index (χ1n) is 6.68. The maximum atomic E-state index is 9.45. The van der Waals surface area contributed by atoms with Crippen molar-refractivity contribution in [2.75, 3.05) is 7.11 Å². The Morgan fingerprint density at radius 3 is 2.77 bits per heavy atom. The van der Waals surface area contributed by atoms with Gasteiger partial charge in [-0.15, -0.1) is 11.3 Å². The third-order valence-electron chi connectivity index (χ3n) is 3.09. The summed E-state index contributed by atoms with van der Waals surface area (Å²) in [6.45, 7) is 0. The van der Waals surface area contributed by atoms with E-state index in [1.54, 1.807) is 31.5 Å². The van der Waals surface area contributed by atoms with Gasteiger partial charge in [0.2, 0.25) is 5.13 Å². The van der Waals surface area contributed by atoms with Crippen molar-refractivity contribution in [3.63, 3.8) is 0 Å². The van der Waals surface area contributed by atoms with Gasteiger partial charge in [0.05, 0.1) is 12.8 Å². The highest BCUT2D eigenvalue weighted by molar-refractivity contribution is 7.13. The van der Waals surface area contributed by atoms with Crippen molar-refractivity contribution in [2.45, 2.75) is 0 Å². The minimum atomic E-state index is 0.162. The van der Waals surface area contributed by atoms with Gasteiger partial charge < -0.3 is 9.84 Å². The van der Waals surface area contributed by atoms with Crippen LogP contribution in [0.25, 0.3) is 11.3 Å². The third kappa shape index (κ3) is 3.15. The number of phenolic OH excluding ortho intramolecular Hbond substituents is 1. The molecule has 0 bridgehead atoms. The Bertz CT molecular complexity index is 797. The quantitative estimate of drug-likeness (QED) is 0.732. The SMILES string of the molecule is COc1cc(O)ccc1C=Nc1nc(-c2ccccc2)cs1. The van der Waals surface area contributed by atoms with E-state index in [4.69, 9.17) is 4.74 Å².